The van der Waals surface area contributed by atoms with Gasteiger partial charge in [0.2, 0.25) is 0 Å². The summed E-state index contributed by atoms with van der Waals surface area (Å²) in [5.41, 5.74) is 3.82. The van der Waals surface area contributed by atoms with E-state index in [0.29, 0.717) is 6.73 Å². The zero-order valence-corrected chi connectivity index (χ0v) is 10.8. The molecule has 3 nitrogen and oxygen atoms in total. The summed E-state index contributed by atoms with van der Waals surface area (Å²) in [6, 6.07) is 4.14. The molecule has 0 aromatic heterocycles. The summed E-state index contributed by atoms with van der Waals surface area (Å²) in [5.74, 6) is 0.954. The Morgan fingerprint density at radius 3 is 2.38 bits per heavy atom. The summed E-state index contributed by atoms with van der Waals surface area (Å²) in [6.45, 7) is 5.76. The molecule has 0 saturated heterocycles. The fourth-order valence-electron chi connectivity index (χ4n) is 1.80. The lowest BCUT2D eigenvalue weighted by atomic mass is 10.0. The van der Waals surface area contributed by atoms with Crippen LogP contribution >= 0.6 is 0 Å². The summed E-state index contributed by atoms with van der Waals surface area (Å²) in [7, 11) is 5.46. The number of rotatable bonds is 5. The van der Waals surface area contributed by atoms with Gasteiger partial charge in [-0.1, -0.05) is 6.07 Å². The lowest BCUT2D eigenvalue weighted by molar-refractivity contribution is 0.0770. The molecule has 0 saturated carbocycles. The molecule has 0 atom stereocenters. The standard InChI is InChI=1S/C13H21NO2/c1-10-11(2)13(16-5)7-6-12(10)8-14(3)9-15-4/h6-7H,8-9H2,1-5H3. The minimum absolute atomic E-state index is 0.643. The molecule has 0 N–H and O–H groups in total. The largest absolute Gasteiger partial charge is 0.496 e. The van der Waals surface area contributed by atoms with Gasteiger partial charge in [0, 0.05) is 13.7 Å². The van der Waals surface area contributed by atoms with Crippen LogP contribution in [0.4, 0.5) is 0 Å². The average Bonchev–Trinajstić information content (AvgIpc) is 2.25. The van der Waals surface area contributed by atoms with Crippen LogP contribution in [0.15, 0.2) is 12.1 Å². The molecule has 16 heavy (non-hydrogen) atoms. The van der Waals surface area contributed by atoms with Gasteiger partial charge >= 0.3 is 0 Å². The van der Waals surface area contributed by atoms with E-state index in [1.807, 2.05) is 13.1 Å². The van der Waals surface area contributed by atoms with E-state index in [1.165, 1.54) is 16.7 Å². The lowest BCUT2D eigenvalue weighted by Gasteiger charge is -2.18. The highest BCUT2D eigenvalue weighted by Crippen LogP contribution is 2.24. The Morgan fingerprint density at radius 1 is 1.12 bits per heavy atom. The molecule has 0 unspecified atom stereocenters. The van der Waals surface area contributed by atoms with E-state index >= 15 is 0 Å². The van der Waals surface area contributed by atoms with Gasteiger partial charge in [0.1, 0.15) is 5.75 Å². The maximum atomic E-state index is 5.29. The Labute approximate surface area is 98.0 Å². The summed E-state index contributed by atoms with van der Waals surface area (Å²) < 4.78 is 10.4. The van der Waals surface area contributed by atoms with Gasteiger partial charge in [-0.15, -0.1) is 0 Å². The SMILES string of the molecule is COCN(C)Cc1ccc(OC)c(C)c1C. The maximum absolute atomic E-state index is 5.29. The lowest BCUT2D eigenvalue weighted by Crippen LogP contribution is -2.20. The van der Waals surface area contributed by atoms with E-state index < -0.39 is 0 Å². The molecular weight excluding hydrogens is 202 g/mol. The van der Waals surface area contributed by atoms with Crippen LogP contribution in [0.1, 0.15) is 16.7 Å². The second-order valence-electron chi connectivity index (χ2n) is 4.11. The molecule has 0 spiro atoms. The monoisotopic (exact) mass is 223 g/mol. The molecule has 0 aliphatic carbocycles. The molecule has 0 fully saturated rings. The van der Waals surface area contributed by atoms with Crippen LogP contribution < -0.4 is 4.74 Å². The number of methoxy groups -OCH3 is 2. The molecule has 0 heterocycles. The highest BCUT2D eigenvalue weighted by molar-refractivity contribution is 5.43. The average molecular weight is 223 g/mol. The van der Waals surface area contributed by atoms with E-state index in [9.17, 15) is 0 Å². The third kappa shape index (κ3) is 2.97. The molecule has 0 radical (unpaired) electrons. The van der Waals surface area contributed by atoms with Crippen molar-refractivity contribution in [3.8, 4) is 5.75 Å². The maximum Gasteiger partial charge on any atom is 0.122 e. The molecule has 1 rings (SSSR count). The summed E-state index contributed by atoms with van der Waals surface area (Å²) in [5, 5.41) is 0. The number of hydrogen-bond donors (Lipinski definition) is 0. The van der Waals surface area contributed by atoms with Gasteiger partial charge in [-0.25, -0.2) is 0 Å². The summed E-state index contributed by atoms with van der Waals surface area (Å²) in [4.78, 5) is 2.13. The van der Waals surface area contributed by atoms with Crippen LogP contribution in [0.5, 0.6) is 5.75 Å². The van der Waals surface area contributed by atoms with Crippen molar-refractivity contribution in [1.82, 2.24) is 4.90 Å². The Morgan fingerprint density at radius 2 is 1.81 bits per heavy atom. The predicted octanol–water partition coefficient (Wildman–Crippen LogP) is 2.35. The number of ether oxygens (including phenoxy) is 2. The van der Waals surface area contributed by atoms with E-state index in [1.54, 1.807) is 14.2 Å². The Bertz CT molecular complexity index is 350. The molecule has 0 bridgehead atoms. The fraction of sp³-hybridized carbons (Fsp3) is 0.538. The molecule has 0 aliphatic heterocycles. The van der Waals surface area contributed by atoms with Crippen LogP contribution in [0.25, 0.3) is 0 Å². The topological polar surface area (TPSA) is 21.7 Å². The van der Waals surface area contributed by atoms with Crippen molar-refractivity contribution in [1.29, 1.82) is 0 Å². The van der Waals surface area contributed by atoms with Crippen molar-refractivity contribution in [2.75, 3.05) is 28.0 Å². The van der Waals surface area contributed by atoms with E-state index in [2.05, 4.69) is 24.8 Å². The smallest absolute Gasteiger partial charge is 0.122 e. The molecule has 1 aromatic rings. The minimum Gasteiger partial charge on any atom is -0.496 e. The molecule has 0 amide bonds. The van der Waals surface area contributed by atoms with Gasteiger partial charge < -0.3 is 9.47 Å². The van der Waals surface area contributed by atoms with Crippen LogP contribution in [-0.4, -0.2) is 32.9 Å². The van der Waals surface area contributed by atoms with Crippen molar-refractivity contribution in [2.24, 2.45) is 0 Å². The first-order chi connectivity index (χ1) is 7.60. The van der Waals surface area contributed by atoms with Crippen LogP contribution in [-0.2, 0) is 11.3 Å². The van der Waals surface area contributed by atoms with Gasteiger partial charge in [0.25, 0.3) is 0 Å². The first-order valence-electron chi connectivity index (χ1n) is 5.40. The van der Waals surface area contributed by atoms with E-state index in [0.717, 1.165) is 12.3 Å². The second-order valence-corrected chi connectivity index (χ2v) is 4.11. The Kier molecular flexibility index (Phi) is 4.77. The van der Waals surface area contributed by atoms with Gasteiger partial charge in [-0.3, -0.25) is 4.90 Å². The van der Waals surface area contributed by atoms with Crippen LogP contribution in [0.2, 0.25) is 0 Å². The fourth-order valence-corrected chi connectivity index (χ4v) is 1.80. The van der Waals surface area contributed by atoms with Crippen LogP contribution in [0.3, 0.4) is 0 Å². The summed E-state index contributed by atoms with van der Waals surface area (Å²) >= 11 is 0. The van der Waals surface area contributed by atoms with Crippen molar-refractivity contribution < 1.29 is 9.47 Å². The van der Waals surface area contributed by atoms with Crippen LogP contribution in [0, 0.1) is 13.8 Å². The molecule has 1 aromatic carbocycles. The molecule has 90 valence electrons. The highest BCUT2D eigenvalue weighted by atomic mass is 16.5. The molecule has 0 aliphatic rings. The van der Waals surface area contributed by atoms with Gasteiger partial charge in [-0.05, 0) is 43.7 Å². The zero-order chi connectivity index (χ0) is 12.1. The first-order valence-corrected chi connectivity index (χ1v) is 5.40. The minimum atomic E-state index is 0.643. The number of hydrogen-bond acceptors (Lipinski definition) is 3. The summed E-state index contributed by atoms with van der Waals surface area (Å²) in [6.07, 6.45) is 0. The van der Waals surface area contributed by atoms with E-state index in [-0.39, 0.29) is 0 Å². The van der Waals surface area contributed by atoms with Crippen molar-refractivity contribution >= 4 is 0 Å². The van der Waals surface area contributed by atoms with Crippen molar-refractivity contribution in [2.45, 2.75) is 20.4 Å². The zero-order valence-electron chi connectivity index (χ0n) is 10.8. The molecular formula is C13H21NO2. The van der Waals surface area contributed by atoms with E-state index in [4.69, 9.17) is 9.47 Å². The quantitative estimate of drug-likeness (QED) is 0.715. The van der Waals surface area contributed by atoms with Crippen molar-refractivity contribution in [3.63, 3.8) is 0 Å². The Hall–Kier alpha value is -1.06. The van der Waals surface area contributed by atoms with Gasteiger partial charge in [0.05, 0.1) is 13.8 Å². The predicted molar refractivity (Wildman–Crippen MR) is 65.8 cm³/mol. The van der Waals surface area contributed by atoms with Crippen molar-refractivity contribution in [3.05, 3.63) is 28.8 Å². The highest BCUT2D eigenvalue weighted by Gasteiger charge is 2.08. The third-order valence-corrected chi connectivity index (χ3v) is 2.86. The second kappa shape index (κ2) is 5.87. The normalized spacial score (nSPS) is 10.9. The number of benzene rings is 1. The van der Waals surface area contributed by atoms with Gasteiger partial charge in [0.15, 0.2) is 0 Å². The Balaban J connectivity index is 2.86. The third-order valence-electron chi connectivity index (χ3n) is 2.86. The molecule has 3 heteroatoms. The number of nitrogens with zero attached hydrogens (tertiary/aromatic N) is 1. The van der Waals surface area contributed by atoms with Gasteiger partial charge in [-0.2, -0.15) is 0 Å². The first kappa shape index (κ1) is 13.0.